The number of Topliss-reactive ketones (excluding diaryl/α,β-unsaturated/α-hetero) is 2. The van der Waals surface area contributed by atoms with Crippen molar-refractivity contribution in [2.45, 2.75) is 12.8 Å². The molecule has 2 aromatic rings. The van der Waals surface area contributed by atoms with Crippen molar-refractivity contribution in [1.82, 2.24) is 9.61 Å². The smallest absolute Gasteiger partial charge is 0.174 e. The molecule has 0 saturated carbocycles. The Labute approximate surface area is 110 Å². The average molecular weight is 258 g/mol. The molecule has 19 heavy (non-hydrogen) atoms. The second kappa shape index (κ2) is 4.93. The van der Waals surface area contributed by atoms with Crippen molar-refractivity contribution in [1.29, 1.82) is 0 Å². The summed E-state index contributed by atoms with van der Waals surface area (Å²) in [6.45, 7) is 1.06. The van der Waals surface area contributed by atoms with E-state index in [-0.39, 0.29) is 23.9 Å². The lowest BCUT2D eigenvalue weighted by molar-refractivity contribution is -0.121. The van der Waals surface area contributed by atoms with Gasteiger partial charge in [-0.1, -0.05) is 6.07 Å². The van der Waals surface area contributed by atoms with Gasteiger partial charge in [0, 0.05) is 18.7 Å². The Hall–Kier alpha value is -2.01. The highest BCUT2D eigenvalue weighted by Gasteiger charge is 2.26. The predicted octanol–water partition coefficient (Wildman–Crippen LogP) is 1.51. The molecule has 0 aliphatic carbocycles. The molecule has 1 aliphatic heterocycles. The minimum absolute atomic E-state index is 0.0298. The summed E-state index contributed by atoms with van der Waals surface area (Å²) in [6.07, 6.45) is 3.96. The molecule has 0 aromatic carbocycles. The average Bonchev–Trinajstić information content (AvgIpc) is 3.08. The number of ether oxygens (including phenoxy) is 1. The fourth-order valence-corrected chi connectivity index (χ4v) is 2.34. The van der Waals surface area contributed by atoms with Crippen molar-refractivity contribution in [3.05, 3.63) is 36.2 Å². The van der Waals surface area contributed by atoms with Crippen LogP contribution in [0.5, 0.6) is 0 Å². The third-order valence-corrected chi connectivity index (χ3v) is 3.45. The van der Waals surface area contributed by atoms with Gasteiger partial charge in [-0.2, -0.15) is 5.10 Å². The zero-order chi connectivity index (χ0) is 13.2. The van der Waals surface area contributed by atoms with Crippen LogP contribution in [0.15, 0.2) is 30.6 Å². The number of carbonyl (C=O) groups excluding carboxylic acids is 2. The molecular weight excluding hydrogens is 244 g/mol. The van der Waals surface area contributed by atoms with Crippen molar-refractivity contribution >= 4 is 17.1 Å². The molecule has 1 fully saturated rings. The molecule has 0 amide bonds. The number of nitrogens with zero attached hydrogens (tertiary/aromatic N) is 2. The van der Waals surface area contributed by atoms with Gasteiger partial charge in [-0.25, -0.2) is 4.52 Å². The molecular formula is C14H14N2O3. The van der Waals surface area contributed by atoms with Crippen molar-refractivity contribution in [2.24, 2.45) is 5.92 Å². The first kappa shape index (κ1) is 12.0. The van der Waals surface area contributed by atoms with Gasteiger partial charge in [-0.05, 0) is 18.6 Å². The molecule has 1 unspecified atom stereocenters. The van der Waals surface area contributed by atoms with Crippen molar-refractivity contribution < 1.29 is 14.3 Å². The summed E-state index contributed by atoms with van der Waals surface area (Å²) in [5.41, 5.74) is 1.25. The van der Waals surface area contributed by atoms with E-state index in [0.29, 0.717) is 18.8 Å². The van der Waals surface area contributed by atoms with Gasteiger partial charge in [0.1, 0.15) is 5.78 Å². The van der Waals surface area contributed by atoms with Crippen LogP contribution in [0.4, 0.5) is 0 Å². The van der Waals surface area contributed by atoms with E-state index in [1.54, 1.807) is 10.7 Å². The van der Waals surface area contributed by atoms with Crippen LogP contribution in [0, 0.1) is 5.92 Å². The van der Waals surface area contributed by atoms with Gasteiger partial charge in [-0.3, -0.25) is 9.59 Å². The molecule has 5 nitrogen and oxygen atoms in total. The first-order chi connectivity index (χ1) is 9.25. The molecule has 3 rings (SSSR count). The zero-order valence-corrected chi connectivity index (χ0v) is 10.4. The lowest BCUT2D eigenvalue weighted by Crippen LogP contribution is -2.18. The summed E-state index contributed by atoms with van der Waals surface area (Å²) in [5.74, 6) is -0.318. The van der Waals surface area contributed by atoms with Crippen LogP contribution in [0.1, 0.15) is 23.2 Å². The summed E-state index contributed by atoms with van der Waals surface area (Å²) in [5, 5.41) is 4.10. The van der Waals surface area contributed by atoms with E-state index in [9.17, 15) is 9.59 Å². The van der Waals surface area contributed by atoms with Crippen molar-refractivity contribution in [2.75, 3.05) is 13.2 Å². The molecule has 2 aromatic heterocycles. The van der Waals surface area contributed by atoms with Crippen LogP contribution < -0.4 is 0 Å². The summed E-state index contributed by atoms with van der Waals surface area (Å²) < 4.78 is 6.81. The Bertz CT molecular complexity index is 626. The minimum Gasteiger partial charge on any atom is -0.381 e. The van der Waals surface area contributed by atoms with Gasteiger partial charge in [0.15, 0.2) is 5.78 Å². The summed E-state index contributed by atoms with van der Waals surface area (Å²) in [6, 6.07) is 5.51. The third-order valence-electron chi connectivity index (χ3n) is 3.45. The zero-order valence-electron chi connectivity index (χ0n) is 10.4. The standard InChI is InChI=1S/C14H14N2O3/c17-13(10-4-6-19-9-10)7-14(18)11-8-15-16-5-2-1-3-12(11)16/h1-3,5,8,10H,4,6-7,9H2. The van der Waals surface area contributed by atoms with Crippen LogP contribution in [0.2, 0.25) is 0 Å². The number of fused-ring (bicyclic) bond motifs is 1. The number of hydrogen-bond acceptors (Lipinski definition) is 4. The van der Waals surface area contributed by atoms with Crippen LogP contribution in [-0.2, 0) is 9.53 Å². The maximum Gasteiger partial charge on any atom is 0.174 e. The Morgan fingerprint density at radius 1 is 1.42 bits per heavy atom. The van der Waals surface area contributed by atoms with Crippen LogP contribution in [-0.4, -0.2) is 34.4 Å². The van der Waals surface area contributed by atoms with E-state index >= 15 is 0 Å². The number of pyridine rings is 1. The molecule has 3 heterocycles. The van der Waals surface area contributed by atoms with Crippen molar-refractivity contribution in [3.8, 4) is 0 Å². The Balaban J connectivity index is 1.78. The number of carbonyl (C=O) groups is 2. The fraction of sp³-hybridized carbons (Fsp3) is 0.357. The monoisotopic (exact) mass is 258 g/mol. The van der Waals surface area contributed by atoms with Gasteiger partial charge in [0.05, 0.1) is 30.3 Å². The molecule has 0 spiro atoms. The first-order valence-electron chi connectivity index (χ1n) is 6.32. The van der Waals surface area contributed by atoms with E-state index in [1.807, 2.05) is 18.2 Å². The van der Waals surface area contributed by atoms with Gasteiger partial charge in [-0.15, -0.1) is 0 Å². The van der Waals surface area contributed by atoms with Gasteiger partial charge < -0.3 is 4.74 Å². The van der Waals surface area contributed by atoms with E-state index in [0.717, 1.165) is 11.9 Å². The van der Waals surface area contributed by atoms with Crippen LogP contribution in [0.25, 0.3) is 5.52 Å². The molecule has 1 saturated heterocycles. The minimum atomic E-state index is -0.168. The molecule has 0 radical (unpaired) electrons. The second-order valence-electron chi connectivity index (χ2n) is 4.72. The van der Waals surface area contributed by atoms with E-state index in [4.69, 9.17) is 4.74 Å². The second-order valence-corrected chi connectivity index (χ2v) is 4.72. The topological polar surface area (TPSA) is 60.7 Å². The number of ketones is 2. The lowest BCUT2D eigenvalue weighted by Gasteiger charge is -2.04. The van der Waals surface area contributed by atoms with Gasteiger partial charge in [0.2, 0.25) is 0 Å². The van der Waals surface area contributed by atoms with E-state index in [1.165, 1.54) is 6.20 Å². The quantitative estimate of drug-likeness (QED) is 0.616. The van der Waals surface area contributed by atoms with Crippen molar-refractivity contribution in [3.63, 3.8) is 0 Å². The lowest BCUT2D eigenvalue weighted by atomic mass is 9.97. The fourth-order valence-electron chi connectivity index (χ4n) is 2.34. The largest absolute Gasteiger partial charge is 0.381 e. The Morgan fingerprint density at radius 2 is 2.32 bits per heavy atom. The highest BCUT2D eigenvalue weighted by molar-refractivity contribution is 6.11. The molecule has 0 N–H and O–H groups in total. The number of aromatic nitrogens is 2. The Kier molecular flexibility index (Phi) is 3.13. The Morgan fingerprint density at radius 3 is 3.11 bits per heavy atom. The predicted molar refractivity (Wildman–Crippen MR) is 68.1 cm³/mol. The molecule has 0 bridgehead atoms. The van der Waals surface area contributed by atoms with Crippen LogP contribution in [0.3, 0.4) is 0 Å². The van der Waals surface area contributed by atoms with E-state index < -0.39 is 0 Å². The number of hydrogen-bond donors (Lipinski definition) is 0. The normalized spacial score (nSPS) is 18.8. The summed E-state index contributed by atoms with van der Waals surface area (Å²) >= 11 is 0. The van der Waals surface area contributed by atoms with E-state index in [2.05, 4.69) is 5.10 Å². The molecule has 5 heteroatoms. The van der Waals surface area contributed by atoms with Gasteiger partial charge >= 0.3 is 0 Å². The maximum absolute atomic E-state index is 12.2. The van der Waals surface area contributed by atoms with Gasteiger partial charge in [0.25, 0.3) is 0 Å². The maximum atomic E-state index is 12.2. The SMILES string of the molecule is O=C(CC(=O)C1CCOC1)c1cnn2ccccc12. The van der Waals surface area contributed by atoms with Crippen LogP contribution >= 0.6 is 0 Å². The summed E-state index contributed by atoms with van der Waals surface area (Å²) in [4.78, 5) is 24.1. The molecule has 1 atom stereocenters. The summed E-state index contributed by atoms with van der Waals surface area (Å²) in [7, 11) is 0. The first-order valence-corrected chi connectivity index (χ1v) is 6.32. The highest BCUT2D eigenvalue weighted by atomic mass is 16.5. The highest BCUT2D eigenvalue weighted by Crippen LogP contribution is 2.18. The molecule has 98 valence electrons. The molecule has 1 aliphatic rings. The number of rotatable bonds is 4. The third kappa shape index (κ3) is 2.29.